The maximum absolute atomic E-state index is 8.48. The van der Waals surface area contributed by atoms with Crippen molar-refractivity contribution < 1.29 is 0 Å². The first-order valence-corrected chi connectivity index (χ1v) is 7.38. The molecule has 1 aliphatic rings. The fraction of sp³-hybridized carbons (Fsp3) is 0.353. The van der Waals surface area contributed by atoms with E-state index in [0.29, 0.717) is 6.54 Å². The van der Waals surface area contributed by atoms with Gasteiger partial charge in [-0.15, -0.1) is 0 Å². The molecular weight excluding hydrogens is 274 g/mol. The fourth-order valence-corrected chi connectivity index (χ4v) is 2.95. The molecule has 2 aromatic rings. The van der Waals surface area contributed by atoms with Crippen molar-refractivity contribution in [2.24, 2.45) is 10.1 Å². The van der Waals surface area contributed by atoms with Crippen molar-refractivity contribution in [2.45, 2.75) is 25.4 Å². The summed E-state index contributed by atoms with van der Waals surface area (Å²) in [7, 11) is 2.05. The molecule has 0 bridgehead atoms. The summed E-state index contributed by atoms with van der Waals surface area (Å²) in [6.07, 6.45) is 0. The monoisotopic (exact) mass is 293 g/mol. The number of benzene rings is 2. The van der Waals surface area contributed by atoms with Crippen LogP contribution >= 0.6 is 0 Å². The Morgan fingerprint density at radius 2 is 2.00 bits per heavy atom. The molecule has 0 saturated heterocycles. The predicted molar refractivity (Wildman–Crippen MR) is 90.0 cm³/mol. The maximum atomic E-state index is 8.48. The normalized spacial score (nSPS) is 21.0. The van der Waals surface area contributed by atoms with Crippen LogP contribution in [0, 0.1) is 0 Å². The SMILES string of the molecule is C[C@H](c1cccc2ccccc12)N(C)C1=NC1(C)CN=[N+]=[N-]. The van der Waals surface area contributed by atoms with Crippen LogP contribution < -0.4 is 0 Å². The van der Waals surface area contributed by atoms with E-state index in [0.717, 1.165) is 5.84 Å². The summed E-state index contributed by atoms with van der Waals surface area (Å²) in [6.45, 7) is 4.56. The molecule has 0 aromatic heterocycles. The molecule has 112 valence electrons. The molecule has 1 unspecified atom stereocenters. The summed E-state index contributed by atoms with van der Waals surface area (Å²) < 4.78 is 0. The van der Waals surface area contributed by atoms with Gasteiger partial charge >= 0.3 is 0 Å². The Morgan fingerprint density at radius 3 is 2.77 bits per heavy atom. The number of hydrogen-bond donors (Lipinski definition) is 0. The van der Waals surface area contributed by atoms with Gasteiger partial charge in [0.05, 0.1) is 12.6 Å². The first-order valence-electron chi connectivity index (χ1n) is 7.38. The van der Waals surface area contributed by atoms with Gasteiger partial charge in [0.25, 0.3) is 0 Å². The zero-order valence-electron chi connectivity index (χ0n) is 13.1. The van der Waals surface area contributed by atoms with Crippen LogP contribution in [0.1, 0.15) is 25.5 Å². The van der Waals surface area contributed by atoms with Crippen LogP contribution in [0.2, 0.25) is 0 Å². The molecular formula is C17H19N5. The Balaban J connectivity index is 1.86. The molecule has 0 radical (unpaired) electrons. The van der Waals surface area contributed by atoms with Crippen molar-refractivity contribution in [1.29, 1.82) is 0 Å². The summed E-state index contributed by atoms with van der Waals surface area (Å²) in [4.78, 5) is 9.54. The van der Waals surface area contributed by atoms with Crippen LogP contribution in [0.3, 0.4) is 0 Å². The summed E-state index contributed by atoms with van der Waals surface area (Å²) in [6, 6.07) is 15.0. The van der Waals surface area contributed by atoms with Gasteiger partial charge < -0.3 is 4.90 Å². The van der Waals surface area contributed by atoms with E-state index in [1.165, 1.54) is 16.3 Å². The van der Waals surface area contributed by atoms with Gasteiger partial charge in [-0.25, -0.2) is 0 Å². The number of likely N-dealkylation sites (N-methyl/N-ethyl adjacent to an activating group) is 1. The molecule has 0 spiro atoms. The highest BCUT2D eigenvalue weighted by molar-refractivity contribution is 6.03. The predicted octanol–water partition coefficient (Wildman–Crippen LogP) is 4.31. The third-order valence-electron chi connectivity index (χ3n) is 4.41. The van der Waals surface area contributed by atoms with E-state index in [4.69, 9.17) is 5.53 Å². The Morgan fingerprint density at radius 1 is 1.27 bits per heavy atom. The van der Waals surface area contributed by atoms with Gasteiger partial charge in [-0.1, -0.05) is 47.6 Å². The highest BCUT2D eigenvalue weighted by atomic mass is 15.3. The second-order valence-corrected chi connectivity index (χ2v) is 5.95. The van der Waals surface area contributed by atoms with Crippen LogP contribution in [-0.2, 0) is 0 Å². The number of rotatable bonds is 4. The molecule has 5 nitrogen and oxygen atoms in total. The number of hydrogen-bond acceptors (Lipinski definition) is 3. The number of aliphatic imine (C=N–C) groups is 1. The van der Waals surface area contributed by atoms with E-state index < -0.39 is 0 Å². The quantitative estimate of drug-likeness (QED) is 0.470. The van der Waals surface area contributed by atoms with E-state index in [2.05, 4.69) is 69.3 Å². The molecule has 5 heteroatoms. The summed E-state index contributed by atoms with van der Waals surface area (Å²) in [5.74, 6) is 1.00. The molecule has 0 aliphatic carbocycles. The molecule has 0 amide bonds. The van der Waals surface area contributed by atoms with Gasteiger partial charge in [0.1, 0.15) is 11.4 Å². The van der Waals surface area contributed by atoms with Crippen LogP contribution in [0.5, 0.6) is 0 Å². The molecule has 0 N–H and O–H groups in total. The average Bonchev–Trinajstić information content (AvgIpc) is 3.23. The van der Waals surface area contributed by atoms with Gasteiger partial charge in [-0.3, -0.25) is 4.99 Å². The van der Waals surface area contributed by atoms with Crippen molar-refractivity contribution in [3.8, 4) is 0 Å². The van der Waals surface area contributed by atoms with Crippen LogP contribution in [0.15, 0.2) is 52.6 Å². The number of fused-ring (bicyclic) bond motifs is 1. The first-order chi connectivity index (χ1) is 10.6. The second kappa shape index (κ2) is 5.35. The molecule has 2 atom stereocenters. The zero-order valence-corrected chi connectivity index (χ0v) is 13.1. The molecule has 0 fully saturated rings. The Kier molecular flexibility index (Phi) is 3.51. The molecule has 22 heavy (non-hydrogen) atoms. The highest BCUT2D eigenvalue weighted by Crippen LogP contribution is 2.35. The van der Waals surface area contributed by atoms with E-state index in [1.54, 1.807) is 0 Å². The van der Waals surface area contributed by atoms with Gasteiger partial charge in [-0.2, -0.15) is 0 Å². The smallest absolute Gasteiger partial charge is 0.128 e. The van der Waals surface area contributed by atoms with Gasteiger partial charge in [0, 0.05) is 12.0 Å². The molecule has 1 aliphatic heterocycles. The minimum absolute atomic E-state index is 0.206. The van der Waals surface area contributed by atoms with Crippen molar-refractivity contribution in [3.05, 3.63) is 58.5 Å². The average molecular weight is 293 g/mol. The first kappa shape index (κ1) is 14.4. The standard InChI is InChI=1S/C17H19N5/c1-12(22(3)16-17(2,20-16)11-19-21-18)14-10-6-8-13-7-4-5-9-15(13)14/h4-10,12H,11H2,1-3H3/t12-,17?/m1/s1. The van der Waals surface area contributed by atoms with Gasteiger partial charge in [0.2, 0.25) is 0 Å². The third kappa shape index (κ3) is 2.40. The third-order valence-corrected chi connectivity index (χ3v) is 4.41. The second-order valence-electron chi connectivity index (χ2n) is 5.95. The van der Waals surface area contributed by atoms with E-state index in [9.17, 15) is 0 Å². The van der Waals surface area contributed by atoms with Crippen LogP contribution in [0.4, 0.5) is 0 Å². The fourth-order valence-electron chi connectivity index (χ4n) is 2.95. The molecule has 3 rings (SSSR count). The lowest BCUT2D eigenvalue weighted by Gasteiger charge is -2.26. The van der Waals surface area contributed by atoms with E-state index in [-0.39, 0.29) is 11.6 Å². The highest BCUT2D eigenvalue weighted by Gasteiger charge is 2.45. The summed E-state index contributed by atoms with van der Waals surface area (Å²) in [5, 5.41) is 6.17. The number of amidine groups is 1. The van der Waals surface area contributed by atoms with Crippen LogP contribution in [-0.4, -0.2) is 29.9 Å². The Labute approximate surface area is 129 Å². The summed E-state index contributed by atoms with van der Waals surface area (Å²) >= 11 is 0. The lowest BCUT2D eigenvalue weighted by Crippen LogP contribution is -2.33. The van der Waals surface area contributed by atoms with Crippen LogP contribution in [0.25, 0.3) is 21.2 Å². The van der Waals surface area contributed by atoms with Crippen molar-refractivity contribution in [2.75, 3.05) is 13.6 Å². The van der Waals surface area contributed by atoms with E-state index >= 15 is 0 Å². The van der Waals surface area contributed by atoms with Gasteiger partial charge in [-0.05, 0) is 35.7 Å². The summed E-state index contributed by atoms with van der Waals surface area (Å²) in [5.41, 5.74) is 9.43. The topological polar surface area (TPSA) is 64.4 Å². The van der Waals surface area contributed by atoms with Crippen molar-refractivity contribution in [1.82, 2.24) is 4.90 Å². The van der Waals surface area contributed by atoms with Gasteiger partial charge in [0.15, 0.2) is 0 Å². The maximum Gasteiger partial charge on any atom is 0.128 e. The molecule has 0 saturated carbocycles. The number of azide groups is 1. The van der Waals surface area contributed by atoms with Crippen molar-refractivity contribution >= 4 is 16.6 Å². The minimum atomic E-state index is -0.334. The lowest BCUT2D eigenvalue weighted by molar-refractivity contribution is 0.402. The largest absolute Gasteiger partial charge is 0.355 e. The van der Waals surface area contributed by atoms with E-state index in [1.807, 2.05) is 14.0 Å². The molecule has 1 heterocycles. The zero-order chi connectivity index (χ0) is 15.7. The lowest BCUT2D eigenvalue weighted by atomic mass is 9.98. The van der Waals surface area contributed by atoms with Crippen molar-refractivity contribution in [3.63, 3.8) is 0 Å². The minimum Gasteiger partial charge on any atom is -0.355 e. The number of nitrogens with zero attached hydrogens (tertiary/aromatic N) is 5. The Hall–Kier alpha value is -2.52. The molecule has 2 aromatic carbocycles. The Bertz CT molecular complexity index is 785.